The number of aryl methyl sites for hydroxylation is 2. The van der Waals surface area contributed by atoms with Crippen molar-refractivity contribution in [3.05, 3.63) is 71.8 Å². The molecule has 0 aliphatic carbocycles. The fourth-order valence-corrected chi connectivity index (χ4v) is 7.39. The maximum absolute atomic E-state index is 12.4. The summed E-state index contributed by atoms with van der Waals surface area (Å²) in [6.45, 7) is 10.7. The fraction of sp³-hybridized carbons (Fsp3) is 0.571. The van der Waals surface area contributed by atoms with Crippen LogP contribution in [0.4, 0.5) is 16.5 Å². The fourth-order valence-electron chi connectivity index (χ4n) is 6.51. The normalized spacial score (nSPS) is 12.3. The maximum Gasteiger partial charge on any atom is 1.00 e. The predicted molar refractivity (Wildman–Crippen MR) is 248 cm³/mol. The molecule has 0 saturated carbocycles. The molecular weight excluding hydrogens is 899 g/mol. The molecule has 0 amide bonds. The van der Waals surface area contributed by atoms with Gasteiger partial charge in [-0.1, -0.05) is 81.2 Å². The van der Waals surface area contributed by atoms with Gasteiger partial charge in [0.15, 0.2) is 0 Å². The van der Waals surface area contributed by atoms with Gasteiger partial charge in [0.05, 0.1) is 68.4 Å². The number of aromatic nitrogens is 1. The van der Waals surface area contributed by atoms with Gasteiger partial charge in [-0.15, -0.1) is 10.2 Å². The number of hydrogen-bond acceptors (Lipinski definition) is 16. The summed E-state index contributed by atoms with van der Waals surface area (Å²) in [5.74, 6) is -5.68. The number of thiazole rings is 1. The molecule has 15 nitrogen and oxygen atoms in total. The molecule has 1 aromatic heterocycles. The standard InChI is InChI=1S/C49H70N4O11S.2Na/c1-5-7-9-11-13-15-17-39(47(56)57)35-45(54)63-31-29-61-26-24-53(41-20-22-42(38(4)34-41)51-52-49-50-43-21-19-37(3)33-44(43)65-49)23-25-60-27-28-62-30-32-64-46(55)36-40(48(58)59)18-16-14-12-10-8-6-2;;/h13-16,19-22,33-34,39-40H,5-12,17-18,23-32,35-36H2,1-4H3,(H,56,57)(H,58,59);;/q;2*+1/p-2/b15-13+,16-14+,52-51?;;. The van der Waals surface area contributed by atoms with Crippen LogP contribution in [-0.4, -0.2) is 94.8 Å². The zero-order valence-electron chi connectivity index (χ0n) is 40.7. The largest absolute Gasteiger partial charge is 1.00 e. The third-order valence-electron chi connectivity index (χ3n) is 10.3. The van der Waals surface area contributed by atoms with E-state index in [-0.39, 0.29) is 118 Å². The monoisotopic (exact) mass is 966 g/mol. The third kappa shape index (κ3) is 27.1. The number of ether oxygens (including phenoxy) is 5. The number of esters is 2. The smallest absolute Gasteiger partial charge is 0.550 e. The van der Waals surface area contributed by atoms with Crippen LogP contribution in [0.25, 0.3) is 10.2 Å². The van der Waals surface area contributed by atoms with Crippen molar-refractivity contribution in [3.8, 4) is 0 Å². The van der Waals surface area contributed by atoms with Crippen LogP contribution in [0.2, 0.25) is 0 Å². The number of anilines is 1. The molecule has 0 saturated heterocycles. The Labute approximate surface area is 445 Å². The minimum Gasteiger partial charge on any atom is -0.550 e. The number of rotatable bonds is 36. The van der Waals surface area contributed by atoms with Crippen LogP contribution in [0.1, 0.15) is 102 Å². The maximum atomic E-state index is 12.4. The summed E-state index contributed by atoms with van der Waals surface area (Å²) in [6.07, 6.45) is 15.6. The molecule has 2 unspecified atom stereocenters. The first-order chi connectivity index (χ1) is 31.5. The van der Waals surface area contributed by atoms with Crippen LogP contribution < -0.4 is 74.2 Å². The van der Waals surface area contributed by atoms with E-state index in [1.165, 1.54) is 11.3 Å². The topological polar surface area (TPSA) is 201 Å². The summed E-state index contributed by atoms with van der Waals surface area (Å²) in [4.78, 5) is 54.4. The van der Waals surface area contributed by atoms with Gasteiger partial charge in [-0.3, -0.25) is 9.59 Å². The van der Waals surface area contributed by atoms with Gasteiger partial charge in [0.25, 0.3) is 0 Å². The second-order valence-corrected chi connectivity index (χ2v) is 16.8. The molecule has 67 heavy (non-hydrogen) atoms. The van der Waals surface area contributed by atoms with Crippen LogP contribution in [-0.2, 0) is 42.9 Å². The average Bonchev–Trinajstić information content (AvgIpc) is 3.69. The van der Waals surface area contributed by atoms with Gasteiger partial charge in [0.1, 0.15) is 13.2 Å². The van der Waals surface area contributed by atoms with Crippen LogP contribution in [0.15, 0.2) is 70.9 Å². The Balaban J connectivity index is 0.0000112. The van der Waals surface area contributed by atoms with Gasteiger partial charge < -0.3 is 48.4 Å². The molecule has 2 aromatic carbocycles. The zero-order chi connectivity index (χ0) is 47.1. The number of carboxylic acid groups (broad SMARTS) is 2. The second-order valence-electron chi connectivity index (χ2n) is 15.7. The van der Waals surface area contributed by atoms with Gasteiger partial charge in [-0.2, -0.15) is 0 Å². The SMILES string of the molecule is CCCCC/C=C/CC(CC(=O)OCCOCCOCCN(CCOCCOC(=O)CC(C/C=C/CCCCC)C(=O)[O-])c1ccc(N=Nc2nc3ccc(C)cc3s2)c(C)c1)C(=O)[O-].[Na+].[Na+]. The van der Waals surface area contributed by atoms with Gasteiger partial charge in [0.2, 0.25) is 5.13 Å². The Morgan fingerprint density at radius 2 is 1.19 bits per heavy atom. The number of carbonyl (C=O) groups is 4. The van der Waals surface area contributed by atoms with Crippen LogP contribution in [0.5, 0.6) is 0 Å². The van der Waals surface area contributed by atoms with Crippen molar-refractivity contribution in [1.29, 1.82) is 0 Å². The summed E-state index contributed by atoms with van der Waals surface area (Å²) in [5, 5.41) is 32.6. The Bertz CT molecular complexity index is 1980. The number of nitrogens with zero attached hydrogens (tertiary/aromatic N) is 4. The molecule has 0 bridgehead atoms. The Kier molecular flexibility index (Phi) is 35.0. The average molecular weight is 967 g/mol. The van der Waals surface area contributed by atoms with E-state index in [9.17, 15) is 29.4 Å². The molecule has 1 heterocycles. The van der Waals surface area contributed by atoms with Crippen molar-refractivity contribution < 1.29 is 112 Å². The number of hydrogen-bond donors (Lipinski definition) is 0. The molecule has 3 rings (SSSR count). The second kappa shape index (κ2) is 37.8. The van der Waals surface area contributed by atoms with E-state index in [2.05, 4.69) is 40.0 Å². The molecule has 0 fully saturated rings. The van der Waals surface area contributed by atoms with E-state index in [1.54, 1.807) is 12.2 Å². The van der Waals surface area contributed by atoms with Gasteiger partial charge in [0, 0.05) is 42.6 Å². The van der Waals surface area contributed by atoms with E-state index in [4.69, 9.17) is 23.7 Å². The summed E-state index contributed by atoms with van der Waals surface area (Å²) < 4.78 is 28.7. The van der Waals surface area contributed by atoms with Crippen molar-refractivity contribution in [2.45, 2.75) is 105 Å². The number of aliphatic carboxylic acids is 2. The number of carboxylic acids is 2. The Morgan fingerprint density at radius 1 is 0.672 bits per heavy atom. The number of fused-ring (bicyclic) bond motifs is 1. The number of benzene rings is 2. The minimum absolute atomic E-state index is 0. The molecule has 0 N–H and O–H groups in total. The van der Waals surface area contributed by atoms with Crippen molar-refractivity contribution in [1.82, 2.24) is 4.98 Å². The van der Waals surface area contributed by atoms with Crippen LogP contribution in [0, 0.1) is 25.7 Å². The van der Waals surface area contributed by atoms with Gasteiger partial charge in [-0.05, 0) is 93.8 Å². The van der Waals surface area contributed by atoms with Gasteiger partial charge >= 0.3 is 71.1 Å². The number of azo groups is 1. The van der Waals surface area contributed by atoms with Crippen molar-refractivity contribution in [2.24, 2.45) is 22.1 Å². The quantitative estimate of drug-likeness (QED) is 0.0269. The number of carbonyl (C=O) groups excluding carboxylic acids is 4. The van der Waals surface area contributed by atoms with Crippen molar-refractivity contribution >= 4 is 61.9 Å². The minimum atomic E-state index is -1.28. The predicted octanol–water partition coefficient (Wildman–Crippen LogP) is 1.84. The molecule has 2 atom stereocenters. The molecule has 0 spiro atoms. The van der Waals surface area contributed by atoms with Crippen molar-refractivity contribution in [2.75, 3.05) is 70.8 Å². The molecule has 358 valence electrons. The van der Waals surface area contributed by atoms with E-state index >= 15 is 0 Å². The molecule has 0 aliphatic rings. The summed E-state index contributed by atoms with van der Waals surface area (Å²) in [5.41, 5.74) is 4.55. The van der Waals surface area contributed by atoms with Gasteiger partial charge in [-0.25, -0.2) is 4.98 Å². The number of unbranched alkanes of at least 4 members (excludes halogenated alkanes) is 6. The molecule has 3 aromatic rings. The number of allylic oxidation sites excluding steroid dienone is 4. The summed E-state index contributed by atoms with van der Waals surface area (Å²) in [7, 11) is 0. The molecule has 0 radical (unpaired) electrons. The summed E-state index contributed by atoms with van der Waals surface area (Å²) in [6, 6.07) is 11.9. The van der Waals surface area contributed by atoms with E-state index in [1.807, 2.05) is 56.3 Å². The van der Waals surface area contributed by atoms with E-state index in [0.717, 1.165) is 78.4 Å². The van der Waals surface area contributed by atoms with Crippen LogP contribution in [0.3, 0.4) is 0 Å². The molecular formula is C49H68N4Na2O11S. The van der Waals surface area contributed by atoms with Crippen molar-refractivity contribution in [3.63, 3.8) is 0 Å². The Hall–Kier alpha value is -3.03. The third-order valence-corrected chi connectivity index (χ3v) is 11.2. The Morgan fingerprint density at radius 3 is 1.70 bits per heavy atom. The zero-order valence-corrected chi connectivity index (χ0v) is 45.5. The first-order valence-electron chi connectivity index (χ1n) is 22.9. The summed E-state index contributed by atoms with van der Waals surface area (Å²) >= 11 is 1.48. The van der Waals surface area contributed by atoms with Crippen LogP contribution >= 0.6 is 11.3 Å². The molecule has 0 aliphatic heterocycles. The first-order valence-corrected chi connectivity index (χ1v) is 23.7. The molecule has 18 heteroatoms. The van der Waals surface area contributed by atoms with E-state index in [0.29, 0.717) is 43.7 Å². The first kappa shape index (κ1) is 62.0. The van der Waals surface area contributed by atoms with E-state index < -0.39 is 35.7 Å².